The molecule has 0 amide bonds. The van der Waals surface area contributed by atoms with Crippen LogP contribution in [-0.2, 0) is 5.41 Å². The van der Waals surface area contributed by atoms with Crippen LogP contribution in [0.1, 0.15) is 64.5 Å². The molecule has 0 radical (unpaired) electrons. The lowest BCUT2D eigenvalue weighted by atomic mass is 9.75. The van der Waals surface area contributed by atoms with Gasteiger partial charge in [-0.05, 0) is 24.0 Å². The van der Waals surface area contributed by atoms with Crippen molar-refractivity contribution in [2.24, 2.45) is 0 Å². The van der Waals surface area contributed by atoms with E-state index in [2.05, 4.69) is 50.3 Å². The van der Waals surface area contributed by atoms with Crippen LogP contribution in [0, 0.1) is 0 Å². The van der Waals surface area contributed by atoms with Gasteiger partial charge in [0.25, 0.3) is 0 Å². The second-order valence-electron chi connectivity index (χ2n) is 4.58. The Morgan fingerprint density at radius 1 is 0.941 bits per heavy atom. The summed E-state index contributed by atoms with van der Waals surface area (Å²) in [5.74, 6) is 0. The van der Waals surface area contributed by atoms with Crippen molar-refractivity contribution in [2.45, 2.75) is 58.8 Å². The summed E-state index contributed by atoms with van der Waals surface area (Å²) in [7, 11) is 0. The summed E-state index contributed by atoms with van der Waals surface area (Å²) in [6.45, 7) is 8.57. The fourth-order valence-corrected chi connectivity index (χ4v) is 2.89. The highest BCUT2D eigenvalue weighted by Crippen LogP contribution is 2.42. The number of benzene rings is 1. The molecule has 1 aliphatic rings. The Hall–Kier alpha value is -1.04. The number of hydrogen-bond acceptors (Lipinski definition) is 0. The van der Waals surface area contributed by atoms with Gasteiger partial charge in [0.2, 0.25) is 0 Å². The number of hydrogen-bond donors (Lipinski definition) is 0. The van der Waals surface area contributed by atoms with E-state index >= 15 is 0 Å². The first-order chi connectivity index (χ1) is 8.32. The van der Waals surface area contributed by atoms with E-state index in [1.807, 2.05) is 13.8 Å². The fraction of sp³-hybridized carbons (Fsp3) is 0.529. The lowest BCUT2D eigenvalue weighted by molar-refractivity contribution is 0.448. The van der Waals surface area contributed by atoms with Crippen LogP contribution in [0.2, 0.25) is 0 Å². The average molecular weight is 230 g/mol. The monoisotopic (exact) mass is 230 g/mol. The van der Waals surface area contributed by atoms with Crippen LogP contribution in [0.5, 0.6) is 0 Å². The normalized spacial score (nSPS) is 15.1. The molecule has 94 valence electrons. The molecule has 1 aliphatic carbocycles. The van der Waals surface area contributed by atoms with Crippen LogP contribution >= 0.6 is 0 Å². The first-order valence-electron chi connectivity index (χ1n) is 7.11. The van der Waals surface area contributed by atoms with Crippen LogP contribution in [-0.4, -0.2) is 0 Å². The third-order valence-corrected chi connectivity index (χ3v) is 3.47. The summed E-state index contributed by atoms with van der Waals surface area (Å²) >= 11 is 0. The zero-order valence-electron chi connectivity index (χ0n) is 11.8. The van der Waals surface area contributed by atoms with Gasteiger partial charge in [-0.1, -0.05) is 77.0 Å². The summed E-state index contributed by atoms with van der Waals surface area (Å²) in [5.41, 5.74) is 3.33. The van der Waals surface area contributed by atoms with Crippen molar-refractivity contribution < 1.29 is 0 Å². The molecule has 0 aliphatic heterocycles. The molecule has 0 heteroatoms. The molecule has 1 aromatic rings. The molecule has 0 spiro atoms. The van der Waals surface area contributed by atoms with Gasteiger partial charge in [0, 0.05) is 5.41 Å². The highest BCUT2D eigenvalue weighted by molar-refractivity contribution is 5.65. The Morgan fingerprint density at radius 2 is 1.53 bits per heavy atom. The predicted octanol–water partition coefficient (Wildman–Crippen LogP) is 5.58. The van der Waals surface area contributed by atoms with E-state index < -0.39 is 0 Å². The smallest absolute Gasteiger partial charge is 0.0141 e. The molecule has 0 N–H and O–H groups in total. The molecule has 0 bridgehead atoms. The van der Waals surface area contributed by atoms with Crippen LogP contribution in [0.15, 0.2) is 30.3 Å². The largest absolute Gasteiger partial charge is 0.0733 e. The van der Waals surface area contributed by atoms with Gasteiger partial charge in [0.05, 0.1) is 0 Å². The third kappa shape index (κ3) is 2.80. The minimum Gasteiger partial charge on any atom is -0.0733 e. The minimum absolute atomic E-state index is 0.347. The highest BCUT2D eigenvalue weighted by Gasteiger charge is 2.32. The molecule has 1 aromatic carbocycles. The van der Waals surface area contributed by atoms with Crippen molar-refractivity contribution >= 4 is 6.08 Å². The highest BCUT2D eigenvalue weighted by atomic mass is 14.4. The Morgan fingerprint density at radius 3 is 2.12 bits per heavy atom. The second-order valence-corrected chi connectivity index (χ2v) is 4.58. The van der Waals surface area contributed by atoms with Crippen molar-refractivity contribution in [3.05, 3.63) is 41.5 Å². The van der Waals surface area contributed by atoms with E-state index in [0.717, 1.165) is 0 Å². The van der Waals surface area contributed by atoms with E-state index in [4.69, 9.17) is 0 Å². The van der Waals surface area contributed by atoms with Gasteiger partial charge in [-0.15, -0.1) is 0 Å². The molecular formula is C17H26. The van der Waals surface area contributed by atoms with Gasteiger partial charge in [-0.25, -0.2) is 0 Å². The van der Waals surface area contributed by atoms with E-state index in [9.17, 15) is 0 Å². The summed E-state index contributed by atoms with van der Waals surface area (Å²) in [4.78, 5) is 0. The van der Waals surface area contributed by atoms with E-state index in [1.165, 1.54) is 31.2 Å². The third-order valence-electron chi connectivity index (χ3n) is 3.47. The summed E-state index contributed by atoms with van der Waals surface area (Å²) in [6, 6.07) is 8.85. The van der Waals surface area contributed by atoms with Gasteiger partial charge in [-0.2, -0.15) is 0 Å². The molecular weight excluding hydrogens is 204 g/mol. The topological polar surface area (TPSA) is 0 Å². The molecule has 0 saturated heterocycles. The van der Waals surface area contributed by atoms with Crippen molar-refractivity contribution in [3.8, 4) is 0 Å². The Kier molecular flexibility index (Phi) is 5.47. The first kappa shape index (κ1) is 14.0. The summed E-state index contributed by atoms with van der Waals surface area (Å²) in [6.07, 6.45) is 9.84. The Balaban J connectivity index is 0.000000686. The van der Waals surface area contributed by atoms with Crippen molar-refractivity contribution in [3.63, 3.8) is 0 Å². The molecule has 17 heavy (non-hydrogen) atoms. The van der Waals surface area contributed by atoms with E-state index in [1.54, 1.807) is 5.56 Å². The lowest BCUT2D eigenvalue weighted by Gasteiger charge is -2.28. The van der Waals surface area contributed by atoms with Crippen molar-refractivity contribution in [1.29, 1.82) is 0 Å². The first-order valence-corrected chi connectivity index (χ1v) is 7.11. The summed E-state index contributed by atoms with van der Waals surface area (Å²) < 4.78 is 0. The second kappa shape index (κ2) is 6.64. The standard InChI is InChI=1S/C15H20.C2H6/c1-3-10-15(11-4-2)12-9-13-7-5-6-8-14(13)15;1-2/h5-9,12H,3-4,10-11H2,1-2H3;1-2H3. The van der Waals surface area contributed by atoms with Crippen molar-refractivity contribution in [2.75, 3.05) is 0 Å². The maximum atomic E-state index is 2.44. The lowest BCUT2D eigenvalue weighted by Crippen LogP contribution is -2.21. The molecule has 0 aromatic heterocycles. The van der Waals surface area contributed by atoms with Crippen LogP contribution in [0.3, 0.4) is 0 Å². The SMILES string of the molecule is CC.CCCC1(CCC)C=Cc2ccccc21. The molecule has 0 unspecified atom stereocenters. The molecule has 0 nitrogen and oxygen atoms in total. The van der Waals surface area contributed by atoms with Gasteiger partial charge in [0.1, 0.15) is 0 Å². The maximum absolute atomic E-state index is 2.44. The molecule has 0 saturated carbocycles. The number of rotatable bonds is 4. The van der Waals surface area contributed by atoms with Crippen LogP contribution in [0.4, 0.5) is 0 Å². The van der Waals surface area contributed by atoms with E-state index in [0.29, 0.717) is 5.41 Å². The Labute approximate surface area is 107 Å². The van der Waals surface area contributed by atoms with Crippen molar-refractivity contribution in [1.82, 2.24) is 0 Å². The minimum atomic E-state index is 0.347. The zero-order chi connectivity index (χ0) is 12.7. The van der Waals surface area contributed by atoms with Gasteiger partial charge < -0.3 is 0 Å². The summed E-state index contributed by atoms with van der Waals surface area (Å²) in [5, 5.41) is 0. The predicted molar refractivity (Wildman–Crippen MR) is 78.3 cm³/mol. The van der Waals surface area contributed by atoms with Crippen LogP contribution < -0.4 is 0 Å². The van der Waals surface area contributed by atoms with Gasteiger partial charge >= 0.3 is 0 Å². The fourth-order valence-electron chi connectivity index (χ4n) is 2.89. The average Bonchev–Trinajstić information content (AvgIpc) is 2.73. The maximum Gasteiger partial charge on any atom is 0.0141 e. The zero-order valence-corrected chi connectivity index (χ0v) is 11.8. The molecule has 0 fully saturated rings. The molecule has 2 rings (SSSR count). The number of allylic oxidation sites excluding steroid dienone is 1. The number of fused-ring (bicyclic) bond motifs is 1. The quantitative estimate of drug-likeness (QED) is 0.633. The van der Waals surface area contributed by atoms with Crippen LogP contribution in [0.25, 0.3) is 6.08 Å². The van der Waals surface area contributed by atoms with Gasteiger partial charge in [0.15, 0.2) is 0 Å². The van der Waals surface area contributed by atoms with E-state index in [-0.39, 0.29) is 0 Å². The molecule has 0 heterocycles. The Bertz CT molecular complexity index is 354. The molecule has 0 atom stereocenters. The van der Waals surface area contributed by atoms with Gasteiger partial charge in [-0.3, -0.25) is 0 Å².